The number of aryl methyl sites for hydroxylation is 1. The van der Waals surface area contributed by atoms with E-state index in [2.05, 4.69) is 56.2 Å². The summed E-state index contributed by atoms with van der Waals surface area (Å²) < 4.78 is 0. The highest BCUT2D eigenvalue weighted by Gasteiger charge is 2.51. The number of amidine groups is 2. The molecule has 4 rings (SSSR count). The molecule has 1 spiro atoms. The van der Waals surface area contributed by atoms with Crippen molar-refractivity contribution in [1.82, 2.24) is 0 Å². The summed E-state index contributed by atoms with van der Waals surface area (Å²) in [4.78, 5) is 12.9. The lowest BCUT2D eigenvalue weighted by atomic mass is 9.85. The first kappa shape index (κ1) is 26.6. The fraction of sp³-hybridized carbons (Fsp3) is 0.429. The molecule has 0 saturated heterocycles. The van der Waals surface area contributed by atoms with Crippen LogP contribution in [0, 0.1) is 12.3 Å². The Morgan fingerprint density at radius 2 is 1.77 bits per heavy atom. The number of halogens is 3. The first-order valence-electron chi connectivity index (χ1n) is 12.0. The molecule has 7 heteroatoms. The molecule has 1 aliphatic carbocycles. The molecule has 0 bridgehead atoms. The van der Waals surface area contributed by atoms with Crippen molar-refractivity contribution in [2.45, 2.75) is 65.0 Å². The monoisotopic (exact) mass is 547 g/mol. The highest BCUT2D eigenvalue weighted by Crippen LogP contribution is 2.46. The minimum absolute atomic E-state index is 0.0740. The summed E-state index contributed by atoms with van der Waals surface area (Å²) in [6.07, 6.45) is 10.6. The maximum Gasteiger partial charge on any atom is 0.170 e. The lowest BCUT2D eigenvalue weighted by molar-refractivity contribution is 0.366. The summed E-state index contributed by atoms with van der Waals surface area (Å²) >= 11 is 20.7. The van der Waals surface area contributed by atoms with Crippen LogP contribution in [-0.2, 0) is 0 Å². The number of thioether (sulfide) groups is 1. The van der Waals surface area contributed by atoms with Crippen molar-refractivity contribution in [3.8, 4) is 0 Å². The van der Waals surface area contributed by atoms with Gasteiger partial charge < -0.3 is 4.90 Å². The van der Waals surface area contributed by atoms with Gasteiger partial charge in [-0.15, -0.1) is 0 Å². The number of rotatable bonds is 4. The lowest BCUT2D eigenvalue weighted by Gasteiger charge is -2.37. The summed E-state index contributed by atoms with van der Waals surface area (Å²) in [5, 5.41) is 3.01. The van der Waals surface area contributed by atoms with Gasteiger partial charge in [-0.25, -0.2) is 4.99 Å². The minimum Gasteiger partial charge on any atom is -0.307 e. The second-order valence-corrected chi connectivity index (χ2v) is 12.4. The van der Waals surface area contributed by atoms with E-state index in [9.17, 15) is 0 Å². The summed E-state index contributed by atoms with van der Waals surface area (Å²) in [6.45, 7) is 8.67. The summed E-state index contributed by atoms with van der Waals surface area (Å²) in [7, 11) is 0. The Hall–Kier alpha value is -1.46. The first-order valence-corrected chi connectivity index (χ1v) is 14.3. The number of hydrogen-bond donors (Lipinski definition) is 0. The number of anilines is 1. The molecule has 0 N–H and O–H groups in total. The zero-order valence-electron chi connectivity index (χ0n) is 20.9. The van der Waals surface area contributed by atoms with Crippen LogP contribution in [0.1, 0.15) is 57.6 Å². The first-order chi connectivity index (χ1) is 16.5. The Balaban J connectivity index is 1.78. The van der Waals surface area contributed by atoms with E-state index in [0.717, 1.165) is 58.5 Å². The molecule has 2 aromatic rings. The normalized spacial score (nSPS) is 19.8. The van der Waals surface area contributed by atoms with Crippen molar-refractivity contribution in [1.29, 1.82) is 0 Å². The Morgan fingerprint density at radius 3 is 2.37 bits per heavy atom. The molecule has 0 aromatic heterocycles. The van der Waals surface area contributed by atoms with Crippen molar-refractivity contribution in [3.63, 3.8) is 0 Å². The maximum atomic E-state index is 6.55. The van der Waals surface area contributed by atoms with Gasteiger partial charge in [-0.1, -0.05) is 104 Å². The topological polar surface area (TPSA) is 28.0 Å². The van der Waals surface area contributed by atoms with E-state index in [1.807, 2.05) is 25.1 Å². The van der Waals surface area contributed by atoms with Crippen molar-refractivity contribution >= 4 is 69.3 Å². The van der Waals surface area contributed by atoms with Crippen LogP contribution >= 0.6 is 46.6 Å². The molecule has 35 heavy (non-hydrogen) atoms. The Morgan fingerprint density at radius 1 is 1.06 bits per heavy atom. The molecular weight excluding hydrogens is 517 g/mol. The van der Waals surface area contributed by atoms with Crippen LogP contribution in [0.25, 0.3) is 6.08 Å². The molecule has 1 heterocycles. The average molecular weight is 549 g/mol. The zero-order chi connectivity index (χ0) is 25.4. The summed E-state index contributed by atoms with van der Waals surface area (Å²) in [5.41, 5.74) is 2.74. The van der Waals surface area contributed by atoms with Gasteiger partial charge in [0.1, 0.15) is 5.54 Å². The number of aliphatic imine (C=N–C) groups is 2. The fourth-order valence-corrected chi connectivity index (χ4v) is 6.07. The number of benzene rings is 2. The van der Waals surface area contributed by atoms with Gasteiger partial charge in [0.15, 0.2) is 11.0 Å². The average Bonchev–Trinajstić information content (AvgIpc) is 3.39. The molecule has 1 saturated carbocycles. The molecule has 0 radical (unpaired) electrons. The van der Waals surface area contributed by atoms with E-state index in [4.69, 9.17) is 44.8 Å². The Kier molecular flexibility index (Phi) is 7.97. The van der Waals surface area contributed by atoms with Gasteiger partial charge in [0.2, 0.25) is 0 Å². The Labute approximate surface area is 228 Å². The smallest absolute Gasteiger partial charge is 0.170 e. The molecular formula is C28H32Cl3N3S. The highest BCUT2D eigenvalue weighted by atomic mass is 35.5. The number of nitrogens with zero attached hydrogens (tertiary/aromatic N) is 3. The van der Waals surface area contributed by atoms with E-state index >= 15 is 0 Å². The summed E-state index contributed by atoms with van der Waals surface area (Å²) in [6, 6.07) is 11.8. The quantitative estimate of drug-likeness (QED) is 0.381. The largest absolute Gasteiger partial charge is 0.307 e. The van der Waals surface area contributed by atoms with Gasteiger partial charge in [0.05, 0.1) is 6.04 Å². The van der Waals surface area contributed by atoms with Gasteiger partial charge in [0, 0.05) is 20.8 Å². The van der Waals surface area contributed by atoms with Crippen LogP contribution in [0.2, 0.25) is 15.1 Å². The third kappa shape index (κ3) is 5.46. The fourth-order valence-electron chi connectivity index (χ4n) is 4.79. The van der Waals surface area contributed by atoms with Crippen molar-refractivity contribution in [2.75, 3.05) is 11.2 Å². The van der Waals surface area contributed by atoms with Gasteiger partial charge in [-0.05, 0) is 66.8 Å². The predicted molar refractivity (Wildman–Crippen MR) is 157 cm³/mol. The van der Waals surface area contributed by atoms with Gasteiger partial charge in [-0.2, -0.15) is 0 Å². The third-order valence-electron chi connectivity index (χ3n) is 6.83. The molecule has 2 aliphatic rings. The van der Waals surface area contributed by atoms with Crippen LogP contribution < -0.4 is 4.90 Å². The zero-order valence-corrected chi connectivity index (χ0v) is 24.0. The second kappa shape index (κ2) is 10.5. The summed E-state index contributed by atoms with van der Waals surface area (Å²) in [5.74, 6) is 0.919. The molecule has 2 aromatic carbocycles. The lowest BCUT2D eigenvalue weighted by Crippen LogP contribution is -2.50. The molecule has 1 fully saturated rings. The maximum absolute atomic E-state index is 6.55. The van der Waals surface area contributed by atoms with E-state index < -0.39 is 0 Å². The number of hydrogen-bond acceptors (Lipinski definition) is 3. The van der Waals surface area contributed by atoms with Crippen molar-refractivity contribution in [3.05, 3.63) is 68.7 Å². The Bertz CT molecular complexity index is 1190. The minimum atomic E-state index is -0.244. The third-order valence-corrected chi connectivity index (χ3v) is 8.44. The van der Waals surface area contributed by atoms with E-state index in [1.54, 1.807) is 17.8 Å². The van der Waals surface area contributed by atoms with Gasteiger partial charge in [0.25, 0.3) is 0 Å². The molecule has 0 amide bonds. The van der Waals surface area contributed by atoms with Gasteiger partial charge in [-0.3, -0.25) is 4.99 Å². The van der Waals surface area contributed by atoms with Crippen LogP contribution in [0.4, 0.5) is 5.69 Å². The molecule has 0 unspecified atom stereocenters. The van der Waals surface area contributed by atoms with Crippen molar-refractivity contribution in [2.24, 2.45) is 15.4 Å². The molecule has 3 nitrogen and oxygen atoms in total. The van der Waals surface area contributed by atoms with Crippen LogP contribution in [0.3, 0.4) is 0 Å². The molecule has 1 atom stereocenters. The molecule has 186 valence electrons. The van der Waals surface area contributed by atoms with E-state index in [1.165, 1.54) is 0 Å². The second-order valence-electron chi connectivity index (χ2n) is 10.4. The van der Waals surface area contributed by atoms with Crippen LogP contribution in [0.5, 0.6) is 0 Å². The predicted octanol–water partition coefficient (Wildman–Crippen LogP) is 9.33. The van der Waals surface area contributed by atoms with Gasteiger partial charge >= 0.3 is 0 Å². The van der Waals surface area contributed by atoms with E-state index in [0.29, 0.717) is 10.0 Å². The van der Waals surface area contributed by atoms with Crippen molar-refractivity contribution < 1.29 is 0 Å². The van der Waals surface area contributed by atoms with Crippen LogP contribution in [0.15, 0.2) is 52.5 Å². The highest BCUT2D eigenvalue weighted by molar-refractivity contribution is 8.13. The van der Waals surface area contributed by atoms with Crippen LogP contribution in [-0.4, -0.2) is 28.8 Å². The van der Waals surface area contributed by atoms with E-state index in [-0.39, 0.29) is 17.0 Å². The standard InChI is InChI=1S/C28H32Cl3N3S/c1-18-8-12-21(17-22(18)30)34-26(35-5)33-25(28(34)14-6-7-15-28)32-24(27(2,3)4)13-10-19-9-11-20(29)16-23(19)31/h8-13,16-17,24H,6-7,14-15H2,1-5H3/b13-10+,32-25?/t24-/m1/s1. The SMILES string of the molecule is CSC1=NC(=N[C@H](/C=C/c2ccc(Cl)cc2Cl)C(C)(C)C)C2(CCCC2)N1c1ccc(C)c(Cl)c1. The molecule has 1 aliphatic heterocycles.